The van der Waals surface area contributed by atoms with Gasteiger partial charge >= 0.3 is 0 Å². The largest absolute Gasteiger partial charge is 0.493 e. The molecule has 1 saturated heterocycles. The molecule has 1 aromatic carbocycles. The molecular formula is C19H30N2O3S. The quantitative estimate of drug-likeness (QED) is 0.716. The third kappa shape index (κ3) is 5.54. The van der Waals surface area contributed by atoms with Gasteiger partial charge in [0.1, 0.15) is 0 Å². The zero-order valence-electron chi connectivity index (χ0n) is 15.8. The monoisotopic (exact) mass is 366 g/mol. The summed E-state index contributed by atoms with van der Waals surface area (Å²) < 4.78 is 10.8. The van der Waals surface area contributed by atoms with E-state index in [1.807, 2.05) is 30.3 Å². The molecule has 0 spiro atoms. The number of nitrogens with one attached hydrogen (secondary N) is 1. The number of nitrogens with zero attached hydrogens (tertiary/aromatic N) is 1. The molecule has 0 bridgehead atoms. The van der Waals surface area contributed by atoms with Gasteiger partial charge < -0.3 is 19.7 Å². The Morgan fingerprint density at radius 3 is 2.48 bits per heavy atom. The van der Waals surface area contributed by atoms with E-state index in [1.54, 1.807) is 26.0 Å². The van der Waals surface area contributed by atoms with Crippen LogP contribution in [-0.2, 0) is 11.3 Å². The molecule has 25 heavy (non-hydrogen) atoms. The Kier molecular flexibility index (Phi) is 7.90. The average Bonchev–Trinajstić information content (AvgIpc) is 2.66. The molecule has 140 valence electrons. The molecule has 1 aliphatic rings. The van der Waals surface area contributed by atoms with Crippen LogP contribution < -0.4 is 14.8 Å². The Labute approximate surface area is 155 Å². The predicted octanol–water partition coefficient (Wildman–Crippen LogP) is 3.16. The van der Waals surface area contributed by atoms with Gasteiger partial charge in [-0.2, -0.15) is 0 Å². The molecule has 1 N–H and O–H groups in total. The van der Waals surface area contributed by atoms with Gasteiger partial charge in [0.2, 0.25) is 5.91 Å². The molecule has 1 heterocycles. The Bertz CT molecular complexity index is 574. The molecule has 1 aliphatic heterocycles. The van der Waals surface area contributed by atoms with Gasteiger partial charge in [0.15, 0.2) is 11.5 Å². The lowest BCUT2D eigenvalue weighted by atomic mass is 9.93. The summed E-state index contributed by atoms with van der Waals surface area (Å²) in [5.74, 6) is 2.31. The van der Waals surface area contributed by atoms with Crippen LogP contribution in [0.25, 0.3) is 0 Å². The Hall–Kier alpha value is -1.40. The van der Waals surface area contributed by atoms with E-state index in [1.165, 1.54) is 12.8 Å². The number of amides is 1. The molecule has 0 unspecified atom stereocenters. The fourth-order valence-electron chi connectivity index (χ4n) is 3.25. The molecule has 6 heteroatoms. The van der Waals surface area contributed by atoms with Crippen LogP contribution in [-0.4, -0.2) is 51.4 Å². The van der Waals surface area contributed by atoms with Gasteiger partial charge in [0, 0.05) is 24.9 Å². The molecule has 0 radical (unpaired) electrons. The van der Waals surface area contributed by atoms with E-state index in [0.717, 1.165) is 35.7 Å². The highest BCUT2D eigenvalue weighted by molar-refractivity contribution is 7.98. The van der Waals surface area contributed by atoms with Crippen molar-refractivity contribution in [2.24, 2.45) is 5.92 Å². The lowest BCUT2D eigenvalue weighted by Crippen LogP contribution is -2.30. The second kappa shape index (κ2) is 9.92. The summed E-state index contributed by atoms with van der Waals surface area (Å²) in [4.78, 5) is 15.4. The summed E-state index contributed by atoms with van der Waals surface area (Å²) in [6.07, 6.45) is 6.02. The van der Waals surface area contributed by atoms with E-state index < -0.39 is 0 Å². The van der Waals surface area contributed by atoms with E-state index in [9.17, 15) is 4.79 Å². The highest BCUT2D eigenvalue weighted by Crippen LogP contribution is 2.35. The Morgan fingerprint density at radius 2 is 1.88 bits per heavy atom. The first kappa shape index (κ1) is 19.9. The van der Waals surface area contributed by atoms with E-state index in [0.29, 0.717) is 24.6 Å². The summed E-state index contributed by atoms with van der Waals surface area (Å²) >= 11 is 1.65. The van der Waals surface area contributed by atoms with Crippen LogP contribution in [0, 0.1) is 5.92 Å². The molecule has 1 amide bonds. The summed E-state index contributed by atoms with van der Waals surface area (Å²) in [5.41, 5.74) is 1.09. The molecule has 1 fully saturated rings. The van der Waals surface area contributed by atoms with Crippen molar-refractivity contribution in [3.8, 4) is 11.5 Å². The maximum absolute atomic E-state index is 12.5. The van der Waals surface area contributed by atoms with Crippen molar-refractivity contribution in [3.63, 3.8) is 0 Å². The molecule has 0 saturated carbocycles. The minimum atomic E-state index is 0.209. The van der Waals surface area contributed by atoms with Crippen LogP contribution in [0.1, 0.15) is 31.2 Å². The second-order valence-electron chi connectivity index (χ2n) is 6.50. The first-order chi connectivity index (χ1) is 12.1. The lowest BCUT2D eigenvalue weighted by Gasteiger charge is -2.24. The first-order valence-electron chi connectivity index (χ1n) is 8.82. The molecule has 5 nitrogen and oxygen atoms in total. The first-order valence-corrected chi connectivity index (χ1v) is 10.0. The van der Waals surface area contributed by atoms with Crippen molar-refractivity contribution in [3.05, 3.63) is 17.7 Å². The zero-order valence-corrected chi connectivity index (χ0v) is 16.6. The SMILES string of the molecule is COc1cc(CN(C)C(=O)CCC2CCNCC2)c(SC)cc1OC. The van der Waals surface area contributed by atoms with Crippen LogP contribution in [0.3, 0.4) is 0 Å². The number of carbonyl (C=O) groups excluding carboxylic acids is 1. The van der Waals surface area contributed by atoms with Crippen LogP contribution in [0.15, 0.2) is 17.0 Å². The minimum absolute atomic E-state index is 0.209. The number of methoxy groups -OCH3 is 2. The smallest absolute Gasteiger partial charge is 0.222 e. The maximum atomic E-state index is 12.5. The third-order valence-corrected chi connectivity index (χ3v) is 5.66. The molecule has 0 aliphatic carbocycles. The number of piperidine rings is 1. The zero-order chi connectivity index (χ0) is 18.2. The molecule has 1 aromatic rings. The average molecular weight is 367 g/mol. The van der Waals surface area contributed by atoms with Crippen LogP contribution in [0.4, 0.5) is 0 Å². The van der Waals surface area contributed by atoms with Gasteiger partial charge in [-0.25, -0.2) is 0 Å². The number of carbonyl (C=O) groups is 1. The second-order valence-corrected chi connectivity index (χ2v) is 7.35. The minimum Gasteiger partial charge on any atom is -0.493 e. The standard InChI is InChI=1S/C19H30N2O3S/c1-21(19(22)6-5-14-7-9-20-10-8-14)13-15-11-16(23-2)17(24-3)12-18(15)25-4/h11-12,14,20H,5-10,13H2,1-4H3. The number of ether oxygens (including phenoxy) is 2. The summed E-state index contributed by atoms with van der Waals surface area (Å²) in [7, 11) is 5.15. The van der Waals surface area contributed by atoms with Crippen LogP contribution >= 0.6 is 11.8 Å². The Morgan fingerprint density at radius 1 is 1.24 bits per heavy atom. The highest BCUT2D eigenvalue weighted by atomic mass is 32.2. The molecule has 0 atom stereocenters. The number of rotatable bonds is 8. The van der Waals surface area contributed by atoms with Gasteiger partial charge in [-0.05, 0) is 62.2 Å². The third-order valence-electron chi connectivity index (χ3n) is 4.85. The number of benzene rings is 1. The van der Waals surface area contributed by atoms with E-state index >= 15 is 0 Å². The van der Waals surface area contributed by atoms with Crippen molar-refractivity contribution in [2.75, 3.05) is 40.6 Å². The van der Waals surface area contributed by atoms with Crippen molar-refractivity contribution in [2.45, 2.75) is 37.1 Å². The van der Waals surface area contributed by atoms with Crippen molar-refractivity contribution in [1.82, 2.24) is 10.2 Å². The summed E-state index contributed by atoms with van der Waals surface area (Å²) in [5, 5.41) is 3.37. The van der Waals surface area contributed by atoms with Gasteiger partial charge in [0.05, 0.1) is 14.2 Å². The molecule has 0 aromatic heterocycles. The maximum Gasteiger partial charge on any atom is 0.222 e. The lowest BCUT2D eigenvalue weighted by molar-refractivity contribution is -0.130. The normalized spacial score (nSPS) is 15.0. The highest BCUT2D eigenvalue weighted by Gasteiger charge is 2.18. The number of hydrogen-bond acceptors (Lipinski definition) is 5. The van der Waals surface area contributed by atoms with Crippen molar-refractivity contribution < 1.29 is 14.3 Å². The number of thioether (sulfide) groups is 1. The molecular weight excluding hydrogens is 336 g/mol. The summed E-state index contributed by atoms with van der Waals surface area (Å²) in [6, 6.07) is 3.95. The van der Waals surface area contributed by atoms with Gasteiger partial charge in [-0.3, -0.25) is 4.79 Å². The topological polar surface area (TPSA) is 50.8 Å². The Balaban J connectivity index is 1.98. The predicted molar refractivity (Wildman–Crippen MR) is 103 cm³/mol. The van der Waals surface area contributed by atoms with E-state index in [2.05, 4.69) is 5.32 Å². The van der Waals surface area contributed by atoms with Crippen LogP contribution in [0.5, 0.6) is 11.5 Å². The fraction of sp³-hybridized carbons (Fsp3) is 0.632. The van der Waals surface area contributed by atoms with Gasteiger partial charge in [-0.15, -0.1) is 11.8 Å². The van der Waals surface area contributed by atoms with E-state index in [-0.39, 0.29) is 5.91 Å². The number of hydrogen-bond donors (Lipinski definition) is 1. The van der Waals surface area contributed by atoms with E-state index in [4.69, 9.17) is 9.47 Å². The fourth-order valence-corrected chi connectivity index (χ4v) is 3.86. The van der Waals surface area contributed by atoms with Gasteiger partial charge in [0.25, 0.3) is 0 Å². The van der Waals surface area contributed by atoms with Crippen molar-refractivity contribution >= 4 is 17.7 Å². The van der Waals surface area contributed by atoms with Crippen LogP contribution in [0.2, 0.25) is 0 Å². The van der Waals surface area contributed by atoms with Gasteiger partial charge in [-0.1, -0.05) is 0 Å². The van der Waals surface area contributed by atoms with Crippen molar-refractivity contribution in [1.29, 1.82) is 0 Å². The summed E-state index contributed by atoms with van der Waals surface area (Å²) in [6.45, 7) is 2.75. The molecule has 2 rings (SSSR count).